The maximum atomic E-state index is 10.1. The van der Waals surface area contributed by atoms with Crippen molar-refractivity contribution in [2.24, 2.45) is 0 Å². The van der Waals surface area contributed by atoms with Gasteiger partial charge in [0.1, 0.15) is 0 Å². The molecule has 0 rings (SSSR count). The summed E-state index contributed by atoms with van der Waals surface area (Å²) in [4.78, 5) is 0. The molecular weight excluding hydrogens is 188 g/mol. The van der Waals surface area contributed by atoms with Gasteiger partial charge in [-0.2, -0.15) is 0 Å². The lowest BCUT2D eigenvalue weighted by Gasteiger charge is -2.25. The maximum absolute atomic E-state index is 10.1. The highest BCUT2D eigenvalue weighted by atomic mass is 16.3. The average molecular weight is 216 g/mol. The molecule has 0 saturated heterocycles. The molecule has 0 fully saturated rings. The first-order valence-electron chi connectivity index (χ1n) is 6.51. The Bertz CT molecular complexity index is 136. The Labute approximate surface area is 94.7 Å². The monoisotopic (exact) mass is 216 g/mol. The minimum Gasteiger partial charge on any atom is -0.393 e. The van der Waals surface area contributed by atoms with Crippen molar-refractivity contribution in [2.45, 2.75) is 77.2 Å². The summed E-state index contributed by atoms with van der Waals surface area (Å²) in [5.74, 6) is 0. The molecule has 15 heavy (non-hydrogen) atoms. The van der Waals surface area contributed by atoms with Crippen LogP contribution >= 0.6 is 0 Å². The van der Waals surface area contributed by atoms with Crippen molar-refractivity contribution < 1.29 is 10.2 Å². The Morgan fingerprint density at radius 2 is 1.27 bits per heavy atom. The van der Waals surface area contributed by atoms with Gasteiger partial charge in [0.05, 0.1) is 12.2 Å². The molecule has 1 atom stereocenters. The number of unbranched alkanes of at least 4 members (excludes halogenated alkanes) is 5. The highest BCUT2D eigenvalue weighted by Gasteiger charge is 2.24. The Balaban J connectivity index is 3.65. The average Bonchev–Trinajstić information content (AvgIpc) is 2.25. The van der Waals surface area contributed by atoms with E-state index < -0.39 is 5.60 Å². The molecule has 0 amide bonds. The van der Waals surface area contributed by atoms with Crippen LogP contribution < -0.4 is 0 Å². The van der Waals surface area contributed by atoms with Gasteiger partial charge >= 0.3 is 0 Å². The molecule has 0 aromatic heterocycles. The van der Waals surface area contributed by atoms with Crippen LogP contribution in [0.2, 0.25) is 0 Å². The number of hydrogen-bond acceptors (Lipinski definition) is 2. The Hall–Kier alpha value is -0.0800. The predicted octanol–water partition coefficient (Wildman–Crippen LogP) is 3.26. The molecule has 0 saturated carbocycles. The second-order valence-corrected chi connectivity index (χ2v) is 4.65. The quantitative estimate of drug-likeness (QED) is 0.550. The summed E-state index contributed by atoms with van der Waals surface area (Å²) >= 11 is 0. The van der Waals surface area contributed by atoms with Gasteiger partial charge in [-0.05, 0) is 12.8 Å². The van der Waals surface area contributed by atoms with Crippen LogP contribution in [0.15, 0.2) is 0 Å². The minimum absolute atomic E-state index is 0.0805. The van der Waals surface area contributed by atoms with E-state index in [9.17, 15) is 10.2 Å². The smallest absolute Gasteiger partial charge is 0.0877 e. The molecule has 0 aromatic rings. The van der Waals surface area contributed by atoms with Crippen LogP contribution in [-0.4, -0.2) is 22.4 Å². The van der Waals surface area contributed by atoms with E-state index in [-0.39, 0.29) is 6.61 Å². The third kappa shape index (κ3) is 7.80. The van der Waals surface area contributed by atoms with Crippen LogP contribution in [0.4, 0.5) is 0 Å². The van der Waals surface area contributed by atoms with Gasteiger partial charge in [-0.25, -0.2) is 0 Å². The Kier molecular flexibility index (Phi) is 9.12. The number of aliphatic hydroxyl groups excluding tert-OH is 1. The van der Waals surface area contributed by atoms with Crippen molar-refractivity contribution in [3.05, 3.63) is 0 Å². The van der Waals surface area contributed by atoms with Crippen LogP contribution in [0.25, 0.3) is 0 Å². The topological polar surface area (TPSA) is 40.5 Å². The molecule has 0 aromatic carbocycles. The Morgan fingerprint density at radius 1 is 0.800 bits per heavy atom. The first-order valence-corrected chi connectivity index (χ1v) is 6.51. The molecule has 0 spiro atoms. The summed E-state index contributed by atoms with van der Waals surface area (Å²) < 4.78 is 0. The second kappa shape index (κ2) is 9.17. The first-order chi connectivity index (χ1) is 7.18. The summed E-state index contributed by atoms with van der Waals surface area (Å²) in [7, 11) is 0. The van der Waals surface area contributed by atoms with Crippen LogP contribution in [0.1, 0.15) is 71.6 Å². The van der Waals surface area contributed by atoms with Gasteiger partial charge in [0.2, 0.25) is 0 Å². The van der Waals surface area contributed by atoms with Gasteiger partial charge in [-0.1, -0.05) is 58.8 Å². The fourth-order valence-electron chi connectivity index (χ4n) is 1.87. The lowest BCUT2D eigenvalue weighted by atomic mass is 9.91. The third-order valence-corrected chi connectivity index (χ3v) is 3.04. The molecule has 0 aliphatic rings. The van der Waals surface area contributed by atoms with E-state index in [0.29, 0.717) is 0 Å². The summed E-state index contributed by atoms with van der Waals surface area (Å²) in [6.45, 7) is 4.25. The van der Waals surface area contributed by atoms with Crippen LogP contribution in [0.3, 0.4) is 0 Å². The molecule has 92 valence electrons. The Morgan fingerprint density at radius 3 is 1.73 bits per heavy atom. The zero-order valence-corrected chi connectivity index (χ0v) is 10.5. The fourth-order valence-corrected chi connectivity index (χ4v) is 1.87. The van der Waals surface area contributed by atoms with Crippen molar-refractivity contribution >= 4 is 0 Å². The molecule has 0 aliphatic carbocycles. The van der Waals surface area contributed by atoms with Crippen molar-refractivity contribution in [3.63, 3.8) is 0 Å². The molecule has 2 N–H and O–H groups in total. The number of hydrogen-bond donors (Lipinski definition) is 2. The molecule has 1 unspecified atom stereocenters. The van der Waals surface area contributed by atoms with Gasteiger partial charge in [0.25, 0.3) is 0 Å². The fraction of sp³-hybridized carbons (Fsp3) is 1.00. The maximum Gasteiger partial charge on any atom is 0.0877 e. The van der Waals surface area contributed by atoms with Crippen LogP contribution in [0, 0.1) is 0 Å². The van der Waals surface area contributed by atoms with Gasteiger partial charge in [0.15, 0.2) is 0 Å². The van der Waals surface area contributed by atoms with E-state index in [1.165, 1.54) is 19.3 Å². The van der Waals surface area contributed by atoms with Crippen molar-refractivity contribution in [1.29, 1.82) is 0 Å². The normalized spacial score (nSPS) is 15.2. The standard InChI is InChI=1S/C13H28O2/c1-3-5-7-9-11-13(15,12-14)10-8-6-4-2/h14-15H,3-12H2,1-2H3. The first kappa shape index (κ1) is 14.9. The highest BCUT2D eigenvalue weighted by Crippen LogP contribution is 2.22. The van der Waals surface area contributed by atoms with Crippen molar-refractivity contribution in [1.82, 2.24) is 0 Å². The molecular formula is C13H28O2. The molecule has 2 heteroatoms. The molecule has 0 heterocycles. The zero-order valence-electron chi connectivity index (χ0n) is 10.5. The van der Waals surface area contributed by atoms with E-state index >= 15 is 0 Å². The van der Waals surface area contributed by atoms with Gasteiger partial charge in [0, 0.05) is 0 Å². The highest BCUT2D eigenvalue weighted by molar-refractivity contribution is 4.77. The number of rotatable bonds is 10. The van der Waals surface area contributed by atoms with Crippen molar-refractivity contribution in [2.75, 3.05) is 6.61 Å². The van der Waals surface area contributed by atoms with E-state index in [1.54, 1.807) is 0 Å². The summed E-state index contributed by atoms with van der Waals surface area (Å²) in [6, 6.07) is 0. The molecule has 2 nitrogen and oxygen atoms in total. The van der Waals surface area contributed by atoms with Crippen LogP contribution in [0.5, 0.6) is 0 Å². The zero-order chi connectivity index (χ0) is 11.6. The summed E-state index contributed by atoms with van der Waals surface area (Å²) in [5.41, 5.74) is -0.803. The SMILES string of the molecule is CCCCCCC(O)(CO)CCCCC. The predicted molar refractivity (Wildman–Crippen MR) is 64.9 cm³/mol. The van der Waals surface area contributed by atoms with E-state index in [4.69, 9.17) is 0 Å². The lowest BCUT2D eigenvalue weighted by Crippen LogP contribution is -2.33. The van der Waals surface area contributed by atoms with Gasteiger partial charge in [-0.15, -0.1) is 0 Å². The second-order valence-electron chi connectivity index (χ2n) is 4.65. The molecule has 0 bridgehead atoms. The molecule has 0 radical (unpaired) electrons. The van der Waals surface area contributed by atoms with Crippen molar-refractivity contribution in [3.8, 4) is 0 Å². The summed E-state index contributed by atoms with van der Waals surface area (Å²) in [6.07, 6.45) is 9.51. The van der Waals surface area contributed by atoms with E-state index in [0.717, 1.165) is 38.5 Å². The summed E-state index contributed by atoms with van der Waals surface area (Å²) in [5, 5.41) is 19.3. The largest absolute Gasteiger partial charge is 0.393 e. The lowest BCUT2D eigenvalue weighted by molar-refractivity contribution is -0.0314. The van der Waals surface area contributed by atoms with Crippen LogP contribution in [-0.2, 0) is 0 Å². The third-order valence-electron chi connectivity index (χ3n) is 3.04. The van der Waals surface area contributed by atoms with Gasteiger partial charge < -0.3 is 10.2 Å². The van der Waals surface area contributed by atoms with E-state index in [1.807, 2.05) is 0 Å². The van der Waals surface area contributed by atoms with E-state index in [2.05, 4.69) is 13.8 Å². The van der Waals surface area contributed by atoms with Gasteiger partial charge in [-0.3, -0.25) is 0 Å². The number of aliphatic hydroxyl groups is 2. The minimum atomic E-state index is -0.803. The molecule has 0 aliphatic heterocycles.